The van der Waals surface area contributed by atoms with Gasteiger partial charge in [-0.3, -0.25) is 4.79 Å². The van der Waals surface area contributed by atoms with Crippen LogP contribution in [0.4, 0.5) is 0 Å². The molecule has 1 heterocycles. The summed E-state index contributed by atoms with van der Waals surface area (Å²) in [6.45, 7) is 10.3. The molecule has 0 amide bonds. The molecule has 2 aromatic rings. The second-order valence-electron chi connectivity index (χ2n) is 7.00. The van der Waals surface area contributed by atoms with Gasteiger partial charge in [-0.25, -0.2) is 4.68 Å². The molecular formula is C18H25N3O. The largest absolute Gasteiger partial charge is 0.320 e. The zero-order valence-corrected chi connectivity index (χ0v) is 14.3. The summed E-state index contributed by atoms with van der Waals surface area (Å²) in [6.07, 6.45) is 0. The average molecular weight is 299 g/mol. The molecule has 1 atom stereocenters. The van der Waals surface area contributed by atoms with Crippen molar-refractivity contribution in [2.45, 2.75) is 46.1 Å². The second-order valence-corrected chi connectivity index (χ2v) is 7.00. The van der Waals surface area contributed by atoms with Crippen LogP contribution in [0.2, 0.25) is 0 Å². The van der Waals surface area contributed by atoms with Crippen molar-refractivity contribution in [1.29, 1.82) is 0 Å². The molecule has 2 rings (SSSR count). The molecule has 0 saturated heterocycles. The number of nitrogens with two attached hydrogens (primary N) is 1. The highest BCUT2D eigenvalue weighted by Crippen LogP contribution is 2.25. The summed E-state index contributed by atoms with van der Waals surface area (Å²) in [5.74, 6) is 0. The Kier molecular flexibility index (Phi) is 4.25. The van der Waals surface area contributed by atoms with Crippen molar-refractivity contribution in [2.75, 3.05) is 0 Å². The molecule has 0 fully saturated rings. The van der Waals surface area contributed by atoms with Crippen LogP contribution >= 0.6 is 0 Å². The van der Waals surface area contributed by atoms with Crippen LogP contribution in [-0.2, 0) is 12.5 Å². The Morgan fingerprint density at radius 1 is 1.14 bits per heavy atom. The van der Waals surface area contributed by atoms with E-state index in [0.29, 0.717) is 5.56 Å². The standard InChI is InChI=1S/C18H25N3O/c1-11-7-8-13(12(2)9-11)16(19)14-10-15(18(3,4)5)20-21(6)17(14)22/h7-10,16H,19H2,1-6H3. The van der Waals surface area contributed by atoms with Crippen LogP contribution < -0.4 is 11.3 Å². The summed E-state index contributed by atoms with van der Waals surface area (Å²) in [6, 6.07) is 7.53. The Bertz CT molecular complexity index is 754. The minimum Gasteiger partial charge on any atom is -0.320 e. The Morgan fingerprint density at radius 3 is 2.32 bits per heavy atom. The molecule has 0 aliphatic rings. The first-order chi connectivity index (χ1) is 10.1. The maximum Gasteiger partial charge on any atom is 0.271 e. The van der Waals surface area contributed by atoms with Gasteiger partial charge >= 0.3 is 0 Å². The lowest BCUT2D eigenvalue weighted by atomic mass is 9.89. The maximum atomic E-state index is 12.5. The molecule has 1 unspecified atom stereocenters. The van der Waals surface area contributed by atoms with E-state index >= 15 is 0 Å². The van der Waals surface area contributed by atoms with Crippen LogP contribution in [0.1, 0.15) is 54.8 Å². The topological polar surface area (TPSA) is 60.9 Å². The Hall–Kier alpha value is -1.94. The van der Waals surface area contributed by atoms with Crippen LogP contribution in [-0.4, -0.2) is 9.78 Å². The van der Waals surface area contributed by atoms with Gasteiger partial charge in [-0.15, -0.1) is 0 Å². The van der Waals surface area contributed by atoms with Gasteiger partial charge in [0, 0.05) is 18.0 Å². The van der Waals surface area contributed by atoms with Crippen LogP contribution in [0.25, 0.3) is 0 Å². The summed E-state index contributed by atoms with van der Waals surface area (Å²) in [5, 5.41) is 4.37. The van der Waals surface area contributed by atoms with Crippen molar-refractivity contribution >= 4 is 0 Å². The third-order valence-corrected chi connectivity index (χ3v) is 3.95. The Balaban J connectivity index is 2.60. The molecule has 0 aliphatic carbocycles. The lowest BCUT2D eigenvalue weighted by Crippen LogP contribution is -2.32. The molecule has 118 valence electrons. The number of aromatic nitrogens is 2. The Morgan fingerprint density at radius 2 is 1.77 bits per heavy atom. The SMILES string of the molecule is Cc1ccc(C(N)c2cc(C(C)(C)C)nn(C)c2=O)c(C)c1. The molecule has 2 N–H and O–H groups in total. The van der Waals surface area contributed by atoms with Crippen molar-refractivity contribution in [3.05, 3.63) is 62.6 Å². The summed E-state index contributed by atoms with van der Waals surface area (Å²) < 4.78 is 1.39. The first-order valence-corrected chi connectivity index (χ1v) is 7.52. The number of aryl methyl sites for hydroxylation is 3. The molecule has 1 aromatic heterocycles. The van der Waals surface area contributed by atoms with Crippen molar-refractivity contribution < 1.29 is 0 Å². The van der Waals surface area contributed by atoms with Crippen molar-refractivity contribution in [3.63, 3.8) is 0 Å². The second kappa shape index (κ2) is 5.69. The fourth-order valence-electron chi connectivity index (χ4n) is 2.56. The zero-order valence-electron chi connectivity index (χ0n) is 14.3. The van der Waals surface area contributed by atoms with E-state index < -0.39 is 6.04 Å². The molecule has 0 bridgehead atoms. The third-order valence-electron chi connectivity index (χ3n) is 3.95. The molecule has 4 heteroatoms. The molecule has 0 aliphatic heterocycles. The highest BCUT2D eigenvalue weighted by Gasteiger charge is 2.22. The van der Waals surface area contributed by atoms with Crippen molar-refractivity contribution in [2.24, 2.45) is 12.8 Å². The van der Waals surface area contributed by atoms with E-state index in [1.54, 1.807) is 7.05 Å². The fraction of sp³-hybridized carbons (Fsp3) is 0.444. The van der Waals surface area contributed by atoms with Gasteiger partial charge in [0.25, 0.3) is 5.56 Å². The minimum absolute atomic E-state index is 0.137. The van der Waals surface area contributed by atoms with Gasteiger partial charge in [0.1, 0.15) is 0 Å². The van der Waals surface area contributed by atoms with E-state index in [1.165, 1.54) is 10.2 Å². The predicted molar refractivity (Wildman–Crippen MR) is 90.1 cm³/mol. The lowest BCUT2D eigenvalue weighted by molar-refractivity contribution is 0.525. The number of nitrogens with zero attached hydrogens (tertiary/aromatic N) is 2. The predicted octanol–water partition coefficient (Wildman–Crippen LogP) is 2.74. The first kappa shape index (κ1) is 16.4. The molecule has 22 heavy (non-hydrogen) atoms. The highest BCUT2D eigenvalue weighted by atomic mass is 16.1. The minimum atomic E-state index is -0.441. The summed E-state index contributed by atoms with van der Waals surface area (Å²) >= 11 is 0. The summed E-state index contributed by atoms with van der Waals surface area (Å²) in [5.41, 5.74) is 10.9. The van der Waals surface area contributed by atoms with Gasteiger partial charge in [-0.2, -0.15) is 5.10 Å². The van der Waals surface area contributed by atoms with Gasteiger partial charge in [-0.1, -0.05) is 44.5 Å². The molecule has 0 spiro atoms. The maximum absolute atomic E-state index is 12.5. The number of benzene rings is 1. The van der Waals surface area contributed by atoms with Crippen LogP contribution in [0.15, 0.2) is 29.1 Å². The van der Waals surface area contributed by atoms with Gasteiger partial charge in [-0.05, 0) is 31.0 Å². The van der Waals surface area contributed by atoms with Crippen LogP contribution in [0, 0.1) is 13.8 Å². The highest BCUT2D eigenvalue weighted by molar-refractivity contribution is 5.38. The van der Waals surface area contributed by atoms with Gasteiger partial charge in [0.2, 0.25) is 0 Å². The Labute approximate surface area is 132 Å². The van der Waals surface area contributed by atoms with Gasteiger partial charge in [0.15, 0.2) is 0 Å². The van der Waals surface area contributed by atoms with Gasteiger partial charge in [0.05, 0.1) is 11.7 Å². The van der Waals surface area contributed by atoms with E-state index in [2.05, 4.69) is 31.9 Å². The number of rotatable bonds is 2. The molecule has 0 saturated carbocycles. The van der Waals surface area contributed by atoms with E-state index in [9.17, 15) is 4.79 Å². The molecular weight excluding hydrogens is 274 g/mol. The summed E-state index contributed by atoms with van der Waals surface area (Å²) in [7, 11) is 1.68. The number of hydrogen-bond donors (Lipinski definition) is 1. The van der Waals surface area contributed by atoms with Crippen molar-refractivity contribution in [1.82, 2.24) is 9.78 Å². The third kappa shape index (κ3) is 3.12. The van der Waals surface area contributed by atoms with E-state index in [0.717, 1.165) is 16.8 Å². The molecule has 1 aromatic carbocycles. The first-order valence-electron chi connectivity index (χ1n) is 7.52. The molecule has 0 radical (unpaired) electrons. The fourth-order valence-corrected chi connectivity index (χ4v) is 2.56. The lowest BCUT2D eigenvalue weighted by Gasteiger charge is -2.21. The van der Waals surface area contributed by atoms with Crippen LogP contribution in [0.3, 0.4) is 0 Å². The quantitative estimate of drug-likeness (QED) is 0.927. The average Bonchev–Trinajstić information content (AvgIpc) is 2.39. The smallest absolute Gasteiger partial charge is 0.271 e. The summed E-state index contributed by atoms with van der Waals surface area (Å²) in [4.78, 5) is 12.5. The van der Waals surface area contributed by atoms with Gasteiger partial charge < -0.3 is 5.73 Å². The molecule has 4 nitrogen and oxygen atoms in total. The monoisotopic (exact) mass is 299 g/mol. The normalized spacial score (nSPS) is 13.2. The van der Waals surface area contributed by atoms with E-state index in [1.807, 2.05) is 32.0 Å². The van der Waals surface area contributed by atoms with E-state index in [4.69, 9.17) is 5.73 Å². The van der Waals surface area contributed by atoms with E-state index in [-0.39, 0.29) is 11.0 Å². The van der Waals surface area contributed by atoms with Crippen molar-refractivity contribution in [3.8, 4) is 0 Å². The number of hydrogen-bond acceptors (Lipinski definition) is 3. The zero-order chi connectivity index (χ0) is 16.7. The van der Waals surface area contributed by atoms with Crippen LogP contribution in [0.5, 0.6) is 0 Å².